The van der Waals surface area contributed by atoms with Gasteiger partial charge in [-0.25, -0.2) is 4.57 Å². The van der Waals surface area contributed by atoms with E-state index in [0.29, 0.717) is 12.1 Å². The first-order valence-corrected chi connectivity index (χ1v) is 9.57. The van der Waals surface area contributed by atoms with E-state index in [0.717, 1.165) is 18.5 Å². The van der Waals surface area contributed by atoms with Crippen molar-refractivity contribution in [2.45, 2.75) is 19.9 Å². The van der Waals surface area contributed by atoms with Gasteiger partial charge in [0, 0.05) is 41.3 Å². The van der Waals surface area contributed by atoms with Gasteiger partial charge in [-0.1, -0.05) is 48.0 Å². The average Bonchev–Trinajstić information content (AvgIpc) is 3.13. The van der Waals surface area contributed by atoms with Crippen molar-refractivity contribution >= 4 is 16.8 Å². The van der Waals surface area contributed by atoms with E-state index < -0.39 is 0 Å². The van der Waals surface area contributed by atoms with Gasteiger partial charge in [0.05, 0.1) is 5.56 Å². The number of amides is 1. The minimum Gasteiger partial charge on any atom is -1.00 e. The summed E-state index contributed by atoms with van der Waals surface area (Å²) in [5, 5.41) is 4.23. The van der Waals surface area contributed by atoms with Crippen LogP contribution in [-0.2, 0) is 13.0 Å². The normalized spacial score (nSPS) is 10.5. The zero-order valence-corrected chi connectivity index (χ0v) is 17.9. The van der Waals surface area contributed by atoms with Crippen LogP contribution in [0.25, 0.3) is 10.9 Å². The van der Waals surface area contributed by atoms with Crippen LogP contribution >= 0.6 is 0 Å². The first kappa shape index (κ1) is 20.8. The zero-order valence-electron chi connectivity index (χ0n) is 16.4. The summed E-state index contributed by atoms with van der Waals surface area (Å²) in [6.45, 7) is 3.49. The fourth-order valence-corrected chi connectivity index (χ4v) is 3.37. The molecule has 0 aliphatic rings. The van der Waals surface area contributed by atoms with E-state index in [1.54, 1.807) is 0 Å². The molecule has 0 saturated heterocycles. The van der Waals surface area contributed by atoms with Crippen LogP contribution in [0.4, 0.5) is 0 Å². The molecular weight excluding hydrogens is 426 g/mol. The van der Waals surface area contributed by atoms with Gasteiger partial charge in [-0.3, -0.25) is 4.79 Å². The van der Waals surface area contributed by atoms with Crippen LogP contribution in [0.2, 0.25) is 0 Å². The zero-order chi connectivity index (χ0) is 19.3. The van der Waals surface area contributed by atoms with Gasteiger partial charge in [0.1, 0.15) is 0 Å². The number of fused-ring (bicyclic) bond motifs is 1. The van der Waals surface area contributed by atoms with Gasteiger partial charge in [-0.15, -0.1) is 0 Å². The number of aromatic nitrogens is 2. The first-order chi connectivity index (χ1) is 13.7. The summed E-state index contributed by atoms with van der Waals surface area (Å²) in [7, 11) is 0. The molecule has 2 N–H and O–H groups in total. The van der Waals surface area contributed by atoms with Gasteiger partial charge < -0.3 is 27.3 Å². The second kappa shape index (κ2) is 9.52. The van der Waals surface area contributed by atoms with Crippen LogP contribution in [0.15, 0.2) is 79.3 Å². The van der Waals surface area contributed by atoms with Crippen molar-refractivity contribution in [3.63, 3.8) is 0 Å². The van der Waals surface area contributed by atoms with Crippen LogP contribution < -0.4 is 26.9 Å². The van der Waals surface area contributed by atoms with Crippen molar-refractivity contribution in [3.8, 4) is 0 Å². The lowest BCUT2D eigenvalue weighted by Crippen LogP contribution is -3.00. The fraction of sp³-hybridized carbons (Fsp3) is 0.167. The Kier molecular flexibility index (Phi) is 6.83. The summed E-state index contributed by atoms with van der Waals surface area (Å²) in [5.41, 5.74) is 5.53. The molecule has 29 heavy (non-hydrogen) atoms. The molecule has 2 aromatic heterocycles. The molecular formula is C24H24BrN3O. The lowest BCUT2D eigenvalue weighted by molar-refractivity contribution is -0.688. The number of halogens is 1. The van der Waals surface area contributed by atoms with E-state index in [4.69, 9.17) is 0 Å². The molecule has 4 nitrogen and oxygen atoms in total. The second-order valence-corrected chi connectivity index (χ2v) is 7.11. The molecule has 4 rings (SSSR count). The molecule has 0 fully saturated rings. The molecule has 0 unspecified atom stereocenters. The number of aromatic amines is 1. The minimum absolute atomic E-state index is 0. The number of benzene rings is 2. The molecule has 148 valence electrons. The minimum atomic E-state index is -0.0395. The van der Waals surface area contributed by atoms with E-state index in [9.17, 15) is 4.79 Å². The van der Waals surface area contributed by atoms with Gasteiger partial charge in [0.15, 0.2) is 18.9 Å². The fourth-order valence-electron chi connectivity index (χ4n) is 3.37. The number of carbonyl (C=O) groups excluding carboxylic acids is 1. The molecule has 1 amide bonds. The predicted molar refractivity (Wildman–Crippen MR) is 111 cm³/mol. The molecule has 0 bridgehead atoms. The number of para-hydroxylation sites is 1. The molecule has 0 aliphatic heterocycles. The summed E-state index contributed by atoms with van der Waals surface area (Å²) < 4.78 is 2.08. The highest BCUT2D eigenvalue weighted by molar-refractivity contribution is 5.93. The summed E-state index contributed by atoms with van der Waals surface area (Å²) in [4.78, 5) is 15.7. The number of aryl methyl sites for hydroxylation is 1. The van der Waals surface area contributed by atoms with Crippen LogP contribution in [0.5, 0.6) is 0 Å². The standard InChI is InChI=1S/C24H23N3O.BrH/c1-18-6-8-19(9-7-18)17-27-14-11-20(12-15-27)24(28)25-13-10-21-16-26-23-5-3-2-4-22(21)23;/h2-9,11-12,14-16,26H,10,13,17H2,1H3;1H. The Morgan fingerprint density at radius 2 is 1.72 bits per heavy atom. The highest BCUT2D eigenvalue weighted by Gasteiger charge is 2.09. The van der Waals surface area contributed by atoms with Crippen molar-refractivity contribution in [1.82, 2.24) is 10.3 Å². The Bertz CT molecular complexity index is 1090. The molecule has 0 aliphatic carbocycles. The monoisotopic (exact) mass is 449 g/mol. The maximum absolute atomic E-state index is 12.4. The Balaban J connectivity index is 0.00000240. The van der Waals surface area contributed by atoms with Crippen LogP contribution in [-0.4, -0.2) is 17.4 Å². The maximum Gasteiger partial charge on any atom is 0.251 e. The molecule has 0 saturated carbocycles. The summed E-state index contributed by atoms with van der Waals surface area (Å²) in [6, 6.07) is 20.5. The predicted octanol–water partition coefficient (Wildman–Crippen LogP) is 0.789. The Labute approximate surface area is 181 Å². The summed E-state index contributed by atoms with van der Waals surface area (Å²) >= 11 is 0. The van der Waals surface area contributed by atoms with Crippen molar-refractivity contribution in [3.05, 3.63) is 102 Å². The van der Waals surface area contributed by atoms with Crippen molar-refractivity contribution < 1.29 is 26.3 Å². The molecule has 0 spiro atoms. The SMILES string of the molecule is Cc1ccc(C[n+]2ccc(C(=O)NCCc3c[nH]c4ccccc34)cc2)cc1.[Br-]. The lowest BCUT2D eigenvalue weighted by Gasteiger charge is -2.05. The topological polar surface area (TPSA) is 48.8 Å². The van der Waals surface area contributed by atoms with Crippen molar-refractivity contribution in [1.29, 1.82) is 0 Å². The maximum atomic E-state index is 12.4. The van der Waals surface area contributed by atoms with Gasteiger partial charge >= 0.3 is 0 Å². The molecule has 4 aromatic rings. The second-order valence-electron chi connectivity index (χ2n) is 7.11. The molecule has 2 aromatic carbocycles. The number of nitrogens with one attached hydrogen (secondary N) is 2. The van der Waals surface area contributed by atoms with Crippen LogP contribution in [0, 0.1) is 6.92 Å². The number of pyridine rings is 1. The van der Waals surface area contributed by atoms with Gasteiger partial charge in [-0.2, -0.15) is 0 Å². The van der Waals surface area contributed by atoms with E-state index in [2.05, 4.69) is 58.2 Å². The molecule has 0 radical (unpaired) electrons. The Morgan fingerprint density at radius 3 is 2.48 bits per heavy atom. The number of carbonyl (C=O) groups is 1. The number of rotatable bonds is 6. The Morgan fingerprint density at radius 1 is 1.00 bits per heavy atom. The molecule has 0 atom stereocenters. The van der Waals surface area contributed by atoms with E-state index in [1.807, 2.05) is 42.9 Å². The first-order valence-electron chi connectivity index (χ1n) is 9.57. The number of hydrogen-bond acceptors (Lipinski definition) is 1. The highest BCUT2D eigenvalue weighted by Crippen LogP contribution is 2.17. The summed E-state index contributed by atoms with van der Waals surface area (Å²) in [5.74, 6) is -0.0395. The average molecular weight is 450 g/mol. The third-order valence-corrected chi connectivity index (χ3v) is 4.99. The highest BCUT2D eigenvalue weighted by atomic mass is 79.9. The van der Waals surface area contributed by atoms with Crippen LogP contribution in [0.1, 0.15) is 27.0 Å². The third kappa shape index (κ3) is 5.12. The number of H-pyrrole nitrogens is 1. The largest absolute Gasteiger partial charge is 1.00 e. The smallest absolute Gasteiger partial charge is 0.251 e. The van der Waals surface area contributed by atoms with Gasteiger partial charge in [0.2, 0.25) is 0 Å². The van der Waals surface area contributed by atoms with E-state index in [-0.39, 0.29) is 22.9 Å². The van der Waals surface area contributed by atoms with Crippen LogP contribution in [0.3, 0.4) is 0 Å². The van der Waals surface area contributed by atoms with E-state index in [1.165, 1.54) is 22.1 Å². The number of hydrogen-bond donors (Lipinski definition) is 2. The van der Waals surface area contributed by atoms with Gasteiger partial charge in [-0.05, 0) is 25.0 Å². The van der Waals surface area contributed by atoms with E-state index >= 15 is 0 Å². The quantitative estimate of drug-likeness (QED) is 0.420. The van der Waals surface area contributed by atoms with Crippen molar-refractivity contribution in [2.24, 2.45) is 0 Å². The van der Waals surface area contributed by atoms with Crippen molar-refractivity contribution in [2.75, 3.05) is 6.54 Å². The molecule has 2 heterocycles. The van der Waals surface area contributed by atoms with Gasteiger partial charge in [0.25, 0.3) is 5.91 Å². The third-order valence-electron chi connectivity index (χ3n) is 4.99. The summed E-state index contributed by atoms with van der Waals surface area (Å²) in [6.07, 6.45) is 6.73. The molecule has 5 heteroatoms. The Hall–Kier alpha value is -2.92. The lowest BCUT2D eigenvalue weighted by atomic mass is 10.1. The number of nitrogens with zero attached hydrogens (tertiary/aromatic N) is 1.